The molecule has 0 radical (unpaired) electrons. The second kappa shape index (κ2) is 9.11. The van der Waals surface area contributed by atoms with Crippen molar-refractivity contribution >= 4 is 17.5 Å². The highest BCUT2D eigenvalue weighted by Crippen LogP contribution is 2.38. The summed E-state index contributed by atoms with van der Waals surface area (Å²) >= 11 is 1.58. The molecule has 1 atom stereocenters. The molecule has 0 amide bonds. The van der Waals surface area contributed by atoms with Gasteiger partial charge in [0.15, 0.2) is 5.76 Å². The minimum Gasteiger partial charge on any atom is -0.431 e. The average molecular weight is 393 g/mol. The van der Waals surface area contributed by atoms with Crippen molar-refractivity contribution < 1.29 is 9.62 Å². The highest BCUT2D eigenvalue weighted by Gasteiger charge is 2.24. The van der Waals surface area contributed by atoms with E-state index in [0.717, 1.165) is 54.0 Å². The van der Waals surface area contributed by atoms with Crippen LogP contribution in [0.2, 0.25) is 0 Å². The molecule has 1 saturated carbocycles. The molecular formula is C23H24N2O2S. The normalized spacial score (nSPS) is 19.3. The maximum Gasteiger partial charge on any atom is 0.257 e. The standard InChI is InChI=1S/C23H24N2O2S/c26-25-19-15-9-1-2-10-16-20(19)28-23-24-21(17-11-5-3-6-12-17)22(27-23)18-13-7-4-8-14-18/h3-8,11-14,20,26H,1-2,9-10,15-16H2. The summed E-state index contributed by atoms with van der Waals surface area (Å²) in [5.74, 6) is 0.780. The van der Waals surface area contributed by atoms with E-state index in [1.54, 1.807) is 11.8 Å². The molecule has 1 heterocycles. The van der Waals surface area contributed by atoms with Crippen LogP contribution in [0.4, 0.5) is 0 Å². The molecule has 1 aliphatic rings. The monoisotopic (exact) mass is 392 g/mol. The Labute approximate surface area is 169 Å². The third-order valence-electron chi connectivity index (χ3n) is 5.08. The third kappa shape index (κ3) is 4.30. The van der Waals surface area contributed by atoms with Crippen molar-refractivity contribution in [3.8, 4) is 22.6 Å². The highest BCUT2D eigenvalue weighted by molar-refractivity contribution is 8.00. The molecule has 3 aromatic rings. The smallest absolute Gasteiger partial charge is 0.257 e. The van der Waals surface area contributed by atoms with Gasteiger partial charge in [-0.1, -0.05) is 96.8 Å². The molecule has 0 spiro atoms. The fourth-order valence-electron chi connectivity index (χ4n) is 3.61. The molecule has 5 heteroatoms. The van der Waals surface area contributed by atoms with Crippen LogP contribution in [0, 0.1) is 0 Å². The van der Waals surface area contributed by atoms with Crippen molar-refractivity contribution in [2.24, 2.45) is 5.16 Å². The van der Waals surface area contributed by atoms with Crippen molar-refractivity contribution in [2.45, 2.75) is 49.0 Å². The van der Waals surface area contributed by atoms with Crippen LogP contribution in [0.1, 0.15) is 38.5 Å². The number of nitrogens with zero attached hydrogens (tertiary/aromatic N) is 2. The Morgan fingerprint density at radius 3 is 2.29 bits per heavy atom. The predicted octanol–water partition coefficient (Wildman–Crippen LogP) is 6.65. The van der Waals surface area contributed by atoms with Gasteiger partial charge in [-0.25, -0.2) is 4.98 Å². The largest absolute Gasteiger partial charge is 0.431 e. The first-order valence-corrected chi connectivity index (χ1v) is 10.7. The minimum absolute atomic E-state index is 0.108. The van der Waals surface area contributed by atoms with E-state index < -0.39 is 0 Å². The molecule has 4 rings (SSSR count). The summed E-state index contributed by atoms with van der Waals surface area (Å²) in [5.41, 5.74) is 3.74. The SMILES string of the molecule is ON=C1CCCCCCC1Sc1nc(-c2ccccc2)c(-c2ccccc2)o1. The van der Waals surface area contributed by atoms with Gasteiger partial charge < -0.3 is 9.62 Å². The Morgan fingerprint density at radius 1 is 0.893 bits per heavy atom. The number of aromatic nitrogens is 1. The number of thioether (sulfide) groups is 1. The van der Waals surface area contributed by atoms with E-state index in [2.05, 4.69) is 17.3 Å². The number of hydrogen-bond acceptors (Lipinski definition) is 5. The number of oxazole rings is 1. The van der Waals surface area contributed by atoms with Crippen molar-refractivity contribution in [3.63, 3.8) is 0 Å². The molecule has 1 N–H and O–H groups in total. The molecule has 1 unspecified atom stereocenters. The molecule has 28 heavy (non-hydrogen) atoms. The lowest BCUT2D eigenvalue weighted by Gasteiger charge is -2.18. The molecule has 144 valence electrons. The number of hydrogen-bond donors (Lipinski definition) is 1. The molecule has 1 aromatic heterocycles. The fraction of sp³-hybridized carbons (Fsp3) is 0.304. The molecular weight excluding hydrogens is 368 g/mol. The summed E-state index contributed by atoms with van der Waals surface area (Å²) in [7, 11) is 0. The summed E-state index contributed by atoms with van der Waals surface area (Å²) < 4.78 is 6.24. The van der Waals surface area contributed by atoms with Crippen molar-refractivity contribution in [1.29, 1.82) is 0 Å². The molecule has 4 nitrogen and oxygen atoms in total. The van der Waals surface area contributed by atoms with E-state index in [9.17, 15) is 5.21 Å². The zero-order valence-corrected chi connectivity index (χ0v) is 16.6. The van der Waals surface area contributed by atoms with Gasteiger partial charge in [0.2, 0.25) is 0 Å². The van der Waals surface area contributed by atoms with Gasteiger partial charge in [0.25, 0.3) is 5.22 Å². The van der Waals surface area contributed by atoms with E-state index >= 15 is 0 Å². The van der Waals surface area contributed by atoms with Gasteiger partial charge in [-0.2, -0.15) is 0 Å². The van der Waals surface area contributed by atoms with E-state index in [0.29, 0.717) is 5.22 Å². The zero-order valence-electron chi connectivity index (χ0n) is 15.8. The van der Waals surface area contributed by atoms with Crippen LogP contribution in [-0.2, 0) is 0 Å². The first-order chi connectivity index (χ1) is 13.8. The first-order valence-electron chi connectivity index (χ1n) is 9.84. The fourth-order valence-corrected chi connectivity index (χ4v) is 4.71. The van der Waals surface area contributed by atoms with E-state index in [-0.39, 0.29) is 5.25 Å². The van der Waals surface area contributed by atoms with E-state index in [4.69, 9.17) is 9.40 Å². The molecule has 1 fully saturated rings. The summed E-state index contributed by atoms with van der Waals surface area (Å²) in [4.78, 5) is 4.83. The average Bonchev–Trinajstić information content (AvgIpc) is 3.16. The lowest BCUT2D eigenvalue weighted by molar-refractivity contribution is 0.315. The predicted molar refractivity (Wildman–Crippen MR) is 114 cm³/mol. The summed E-state index contributed by atoms with van der Waals surface area (Å²) in [6.45, 7) is 0. The van der Waals surface area contributed by atoms with Gasteiger partial charge in [-0.15, -0.1) is 0 Å². The van der Waals surface area contributed by atoms with Crippen LogP contribution >= 0.6 is 11.8 Å². The van der Waals surface area contributed by atoms with Gasteiger partial charge >= 0.3 is 0 Å². The van der Waals surface area contributed by atoms with Gasteiger partial charge in [-0.05, 0) is 19.3 Å². The lowest BCUT2D eigenvalue weighted by Crippen LogP contribution is -2.19. The Bertz CT molecular complexity index is 865. The molecule has 1 aliphatic carbocycles. The zero-order chi connectivity index (χ0) is 19.2. The lowest BCUT2D eigenvalue weighted by atomic mass is 9.99. The van der Waals surface area contributed by atoms with Crippen LogP contribution in [0.3, 0.4) is 0 Å². The van der Waals surface area contributed by atoms with Crippen LogP contribution in [0.5, 0.6) is 0 Å². The molecule has 0 saturated heterocycles. The molecule has 0 aliphatic heterocycles. The Kier molecular flexibility index (Phi) is 6.12. The van der Waals surface area contributed by atoms with Gasteiger partial charge in [0.1, 0.15) is 5.69 Å². The Morgan fingerprint density at radius 2 is 1.57 bits per heavy atom. The van der Waals surface area contributed by atoms with Crippen LogP contribution in [0.25, 0.3) is 22.6 Å². The van der Waals surface area contributed by atoms with Crippen molar-refractivity contribution in [3.05, 3.63) is 60.7 Å². The van der Waals surface area contributed by atoms with Crippen LogP contribution in [0.15, 0.2) is 75.5 Å². The summed E-state index contributed by atoms with van der Waals surface area (Å²) in [6, 6.07) is 20.2. The number of rotatable bonds is 4. The summed E-state index contributed by atoms with van der Waals surface area (Å²) in [6.07, 6.45) is 6.46. The van der Waals surface area contributed by atoms with Crippen molar-refractivity contribution in [2.75, 3.05) is 0 Å². The maximum atomic E-state index is 9.50. The number of benzene rings is 2. The van der Waals surface area contributed by atoms with Crippen LogP contribution in [-0.4, -0.2) is 21.2 Å². The minimum atomic E-state index is 0.108. The third-order valence-corrected chi connectivity index (χ3v) is 6.25. The van der Waals surface area contributed by atoms with Crippen molar-refractivity contribution in [1.82, 2.24) is 4.98 Å². The van der Waals surface area contributed by atoms with E-state index in [1.807, 2.05) is 48.5 Å². The second-order valence-electron chi connectivity index (χ2n) is 7.04. The molecule has 0 bridgehead atoms. The topological polar surface area (TPSA) is 58.6 Å². The van der Waals surface area contributed by atoms with Gasteiger partial charge in [0, 0.05) is 11.1 Å². The Hall–Kier alpha value is -2.53. The van der Waals surface area contributed by atoms with Gasteiger partial charge in [0.05, 0.1) is 11.0 Å². The summed E-state index contributed by atoms with van der Waals surface area (Å²) in [5, 5.41) is 13.8. The Balaban J connectivity index is 1.69. The van der Waals surface area contributed by atoms with E-state index in [1.165, 1.54) is 12.8 Å². The quantitative estimate of drug-likeness (QED) is 0.399. The van der Waals surface area contributed by atoms with Gasteiger partial charge in [-0.3, -0.25) is 0 Å². The first kappa shape index (κ1) is 18.8. The maximum absolute atomic E-state index is 9.50. The second-order valence-corrected chi connectivity index (χ2v) is 8.19. The molecule has 2 aromatic carbocycles. The van der Waals surface area contributed by atoms with Crippen LogP contribution < -0.4 is 0 Å². The highest BCUT2D eigenvalue weighted by atomic mass is 32.2. The number of oxime groups is 1.